The van der Waals surface area contributed by atoms with Crippen molar-refractivity contribution in [2.24, 2.45) is 0 Å². The van der Waals surface area contributed by atoms with E-state index in [1.54, 1.807) is 6.92 Å². The SMILES string of the molecule is CCNc1cc(C(F)(F)F)nc2cc(F)cc(Cl)c12. The van der Waals surface area contributed by atoms with E-state index < -0.39 is 17.7 Å². The van der Waals surface area contributed by atoms with Gasteiger partial charge in [0.05, 0.1) is 10.5 Å². The molecule has 0 atom stereocenters. The largest absolute Gasteiger partial charge is 0.433 e. The van der Waals surface area contributed by atoms with E-state index in [1.165, 1.54) is 0 Å². The Kier molecular flexibility index (Phi) is 3.54. The first-order chi connectivity index (χ1) is 8.82. The highest BCUT2D eigenvalue weighted by Crippen LogP contribution is 2.36. The third-order valence-corrected chi connectivity index (χ3v) is 2.78. The fourth-order valence-corrected chi connectivity index (χ4v) is 2.06. The Hall–Kier alpha value is -1.56. The van der Waals surface area contributed by atoms with Crippen molar-refractivity contribution in [2.75, 3.05) is 11.9 Å². The zero-order valence-corrected chi connectivity index (χ0v) is 10.5. The maximum Gasteiger partial charge on any atom is 0.433 e. The number of pyridine rings is 1. The number of halogens is 5. The lowest BCUT2D eigenvalue weighted by molar-refractivity contribution is -0.140. The van der Waals surface area contributed by atoms with E-state index in [1.807, 2.05) is 0 Å². The average molecular weight is 293 g/mol. The fourth-order valence-electron chi connectivity index (χ4n) is 1.76. The van der Waals surface area contributed by atoms with Gasteiger partial charge < -0.3 is 5.32 Å². The summed E-state index contributed by atoms with van der Waals surface area (Å²) >= 11 is 5.87. The van der Waals surface area contributed by atoms with E-state index in [4.69, 9.17) is 11.6 Å². The Bertz CT molecular complexity index is 625. The normalized spacial score (nSPS) is 11.9. The first-order valence-electron chi connectivity index (χ1n) is 5.43. The van der Waals surface area contributed by atoms with Gasteiger partial charge in [0.2, 0.25) is 0 Å². The van der Waals surface area contributed by atoms with E-state index in [0.717, 1.165) is 18.2 Å². The summed E-state index contributed by atoms with van der Waals surface area (Å²) in [6.45, 7) is 2.14. The second kappa shape index (κ2) is 4.85. The number of fused-ring (bicyclic) bond motifs is 1. The van der Waals surface area contributed by atoms with Gasteiger partial charge in [0.25, 0.3) is 0 Å². The molecule has 102 valence electrons. The molecule has 0 saturated heterocycles. The zero-order chi connectivity index (χ0) is 14.2. The van der Waals surface area contributed by atoms with Gasteiger partial charge in [-0.25, -0.2) is 9.37 Å². The molecule has 0 saturated carbocycles. The number of alkyl halides is 3. The van der Waals surface area contributed by atoms with Crippen molar-refractivity contribution in [3.05, 3.63) is 34.7 Å². The molecule has 19 heavy (non-hydrogen) atoms. The van der Waals surface area contributed by atoms with Gasteiger partial charge in [0, 0.05) is 23.7 Å². The zero-order valence-electron chi connectivity index (χ0n) is 9.78. The second-order valence-electron chi connectivity index (χ2n) is 3.86. The number of rotatable bonds is 2. The van der Waals surface area contributed by atoms with Gasteiger partial charge in [-0.3, -0.25) is 0 Å². The molecule has 2 nitrogen and oxygen atoms in total. The Labute approximate surface area is 111 Å². The van der Waals surface area contributed by atoms with E-state index >= 15 is 0 Å². The van der Waals surface area contributed by atoms with Gasteiger partial charge in [-0.05, 0) is 19.1 Å². The third-order valence-electron chi connectivity index (χ3n) is 2.48. The van der Waals surface area contributed by atoms with E-state index in [9.17, 15) is 17.6 Å². The Morgan fingerprint density at radius 2 is 1.95 bits per heavy atom. The van der Waals surface area contributed by atoms with Gasteiger partial charge in [0.15, 0.2) is 0 Å². The first kappa shape index (κ1) is 13.9. The molecule has 1 aromatic carbocycles. The van der Waals surface area contributed by atoms with Crippen LogP contribution in [0.3, 0.4) is 0 Å². The lowest BCUT2D eigenvalue weighted by Gasteiger charge is -2.13. The maximum atomic E-state index is 13.2. The lowest BCUT2D eigenvalue weighted by atomic mass is 10.1. The summed E-state index contributed by atoms with van der Waals surface area (Å²) in [5.41, 5.74) is -1.03. The van der Waals surface area contributed by atoms with Crippen LogP contribution in [-0.4, -0.2) is 11.5 Å². The van der Waals surface area contributed by atoms with Crippen molar-refractivity contribution in [2.45, 2.75) is 13.1 Å². The van der Waals surface area contributed by atoms with Crippen molar-refractivity contribution < 1.29 is 17.6 Å². The molecule has 0 aliphatic heterocycles. The van der Waals surface area contributed by atoms with E-state index in [2.05, 4.69) is 10.3 Å². The molecule has 1 heterocycles. The van der Waals surface area contributed by atoms with E-state index in [-0.39, 0.29) is 21.6 Å². The van der Waals surface area contributed by atoms with Gasteiger partial charge in [0.1, 0.15) is 11.5 Å². The van der Waals surface area contributed by atoms with Crippen LogP contribution in [0.2, 0.25) is 5.02 Å². The lowest BCUT2D eigenvalue weighted by Crippen LogP contribution is -2.10. The molecule has 2 rings (SSSR count). The summed E-state index contributed by atoms with van der Waals surface area (Å²) in [5, 5.41) is 3.07. The molecule has 0 bridgehead atoms. The Morgan fingerprint density at radius 3 is 2.53 bits per heavy atom. The molecule has 2 aromatic rings. The molecule has 0 aliphatic rings. The summed E-state index contributed by atoms with van der Waals surface area (Å²) in [6, 6.07) is 2.84. The van der Waals surface area contributed by atoms with Crippen LogP contribution in [-0.2, 0) is 6.18 Å². The summed E-state index contributed by atoms with van der Waals surface area (Å²) in [5.74, 6) is -0.730. The standard InChI is InChI=1S/C12H9ClF4N2/c1-2-18-8-5-10(12(15,16)17)19-9-4-6(14)3-7(13)11(8)9/h3-5H,2H2,1H3,(H,18,19). The predicted octanol–water partition coefficient (Wildman–Crippen LogP) is 4.48. The Balaban J connectivity index is 2.79. The van der Waals surface area contributed by atoms with Crippen LogP contribution in [0.25, 0.3) is 10.9 Å². The molecule has 0 aliphatic carbocycles. The van der Waals surface area contributed by atoms with Crippen molar-refractivity contribution in [3.8, 4) is 0 Å². The molecule has 1 aromatic heterocycles. The minimum atomic E-state index is -4.60. The smallest absolute Gasteiger partial charge is 0.385 e. The second-order valence-corrected chi connectivity index (χ2v) is 4.27. The van der Waals surface area contributed by atoms with Crippen LogP contribution in [0, 0.1) is 5.82 Å². The molecule has 0 spiro atoms. The number of nitrogens with one attached hydrogen (secondary N) is 1. The molecule has 0 radical (unpaired) electrons. The highest BCUT2D eigenvalue weighted by molar-refractivity contribution is 6.36. The Morgan fingerprint density at radius 1 is 1.26 bits per heavy atom. The monoisotopic (exact) mass is 292 g/mol. The van der Waals surface area contributed by atoms with Crippen molar-refractivity contribution >= 4 is 28.2 Å². The summed E-state index contributed by atoms with van der Waals surface area (Å²) in [6.07, 6.45) is -4.60. The highest BCUT2D eigenvalue weighted by Gasteiger charge is 2.33. The average Bonchev–Trinajstić information content (AvgIpc) is 2.26. The molecule has 0 amide bonds. The molecular formula is C12H9ClF4N2. The van der Waals surface area contributed by atoms with Crippen molar-refractivity contribution in [3.63, 3.8) is 0 Å². The number of aromatic nitrogens is 1. The summed E-state index contributed by atoms with van der Waals surface area (Å²) in [4.78, 5) is 3.42. The number of hydrogen-bond acceptors (Lipinski definition) is 2. The molecule has 1 N–H and O–H groups in total. The molecule has 0 fully saturated rings. The van der Waals surface area contributed by atoms with Crippen LogP contribution in [0.5, 0.6) is 0 Å². The third kappa shape index (κ3) is 2.73. The molecule has 7 heteroatoms. The van der Waals surface area contributed by atoms with Crippen LogP contribution in [0.15, 0.2) is 18.2 Å². The quantitative estimate of drug-likeness (QED) is 0.826. The summed E-state index contributed by atoms with van der Waals surface area (Å²) < 4.78 is 51.4. The topological polar surface area (TPSA) is 24.9 Å². The molecule has 0 unspecified atom stereocenters. The number of anilines is 1. The fraction of sp³-hybridized carbons (Fsp3) is 0.250. The number of hydrogen-bond donors (Lipinski definition) is 1. The van der Waals surface area contributed by atoms with Crippen molar-refractivity contribution in [1.29, 1.82) is 0 Å². The number of benzene rings is 1. The van der Waals surface area contributed by atoms with Crippen LogP contribution in [0.4, 0.5) is 23.2 Å². The van der Waals surface area contributed by atoms with Gasteiger partial charge in [-0.2, -0.15) is 13.2 Å². The van der Waals surface area contributed by atoms with Gasteiger partial charge >= 0.3 is 6.18 Å². The highest BCUT2D eigenvalue weighted by atomic mass is 35.5. The van der Waals surface area contributed by atoms with Crippen LogP contribution >= 0.6 is 11.6 Å². The molecular weight excluding hydrogens is 284 g/mol. The minimum Gasteiger partial charge on any atom is -0.385 e. The van der Waals surface area contributed by atoms with Crippen molar-refractivity contribution in [1.82, 2.24) is 4.98 Å². The summed E-state index contributed by atoms with van der Waals surface area (Å²) in [7, 11) is 0. The first-order valence-corrected chi connectivity index (χ1v) is 5.81. The van der Waals surface area contributed by atoms with Gasteiger partial charge in [-0.1, -0.05) is 11.6 Å². The van der Waals surface area contributed by atoms with Crippen LogP contribution < -0.4 is 5.32 Å². The minimum absolute atomic E-state index is 0.0205. The van der Waals surface area contributed by atoms with E-state index in [0.29, 0.717) is 6.54 Å². The van der Waals surface area contributed by atoms with Gasteiger partial charge in [-0.15, -0.1) is 0 Å². The van der Waals surface area contributed by atoms with Crippen LogP contribution in [0.1, 0.15) is 12.6 Å². The number of nitrogens with zero attached hydrogens (tertiary/aromatic N) is 1. The predicted molar refractivity (Wildman–Crippen MR) is 65.9 cm³/mol. The maximum absolute atomic E-state index is 13.2.